The number of methoxy groups -OCH3 is 1. The number of hydrogen-bond donors (Lipinski definition) is 1. The minimum atomic E-state index is -0.417. The molecule has 0 heterocycles. The molecule has 0 fully saturated rings. The van der Waals surface area contributed by atoms with Gasteiger partial charge in [-0.15, -0.1) is 0 Å². The van der Waals surface area contributed by atoms with Crippen molar-refractivity contribution in [1.82, 2.24) is 4.90 Å². The molecule has 0 spiro atoms. The van der Waals surface area contributed by atoms with Crippen LogP contribution in [0, 0.1) is 11.3 Å². The molecule has 1 amide bonds. The van der Waals surface area contributed by atoms with E-state index in [9.17, 15) is 10.1 Å². The van der Waals surface area contributed by atoms with Gasteiger partial charge in [0.1, 0.15) is 17.4 Å². The van der Waals surface area contributed by atoms with E-state index >= 15 is 0 Å². The molecular formula is C19H27N3O2. The third-order valence-corrected chi connectivity index (χ3v) is 3.63. The molecule has 1 aromatic carbocycles. The predicted molar refractivity (Wildman–Crippen MR) is 96.7 cm³/mol. The fourth-order valence-corrected chi connectivity index (χ4v) is 2.22. The van der Waals surface area contributed by atoms with Crippen molar-refractivity contribution >= 4 is 11.6 Å². The lowest BCUT2D eigenvalue weighted by Gasteiger charge is -2.20. The zero-order chi connectivity index (χ0) is 17.8. The van der Waals surface area contributed by atoms with E-state index in [0.717, 1.165) is 38.8 Å². The summed E-state index contributed by atoms with van der Waals surface area (Å²) in [4.78, 5) is 14.5. The minimum Gasteiger partial charge on any atom is -0.495 e. The quantitative estimate of drug-likeness (QED) is 0.521. The van der Waals surface area contributed by atoms with Crippen LogP contribution >= 0.6 is 0 Å². The van der Waals surface area contributed by atoms with Gasteiger partial charge in [-0.3, -0.25) is 4.79 Å². The lowest BCUT2D eigenvalue weighted by molar-refractivity contribution is -0.112. The number of carbonyl (C=O) groups excluding carboxylic acids is 1. The molecule has 0 unspecified atom stereocenters. The van der Waals surface area contributed by atoms with Gasteiger partial charge in [-0.05, 0) is 25.0 Å². The van der Waals surface area contributed by atoms with Crippen LogP contribution in [0.5, 0.6) is 5.75 Å². The van der Waals surface area contributed by atoms with Gasteiger partial charge in [-0.2, -0.15) is 5.26 Å². The van der Waals surface area contributed by atoms with Crippen LogP contribution in [0.15, 0.2) is 36.0 Å². The average Bonchev–Trinajstić information content (AvgIpc) is 2.61. The van der Waals surface area contributed by atoms with E-state index in [1.807, 2.05) is 18.2 Å². The zero-order valence-corrected chi connectivity index (χ0v) is 14.8. The summed E-state index contributed by atoms with van der Waals surface area (Å²) >= 11 is 0. The Morgan fingerprint density at radius 3 is 2.42 bits per heavy atom. The summed E-state index contributed by atoms with van der Waals surface area (Å²) in [7, 11) is 1.54. The standard InChI is InChI=1S/C19H27N3O2/c1-4-6-12-22(13-7-5-2)15-16(14-20)19(23)21-17-10-8-9-11-18(17)24-3/h8-11,15H,4-7,12-13H2,1-3H3,(H,21,23)/b16-15-. The second kappa shape index (κ2) is 11.1. The highest BCUT2D eigenvalue weighted by Crippen LogP contribution is 2.23. The lowest BCUT2D eigenvalue weighted by Crippen LogP contribution is -2.23. The molecule has 0 saturated carbocycles. The summed E-state index contributed by atoms with van der Waals surface area (Å²) in [6.45, 7) is 5.95. The Labute approximate surface area is 144 Å². The van der Waals surface area contributed by atoms with Gasteiger partial charge < -0.3 is 15.0 Å². The molecule has 0 bridgehead atoms. The van der Waals surface area contributed by atoms with Crippen molar-refractivity contribution in [2.75, 3.05) is 25.5 Å². The molecule has 0 aliphatic carbocycles. The number of ether oxygens (including phenoxy) is 1. The number of anilines is 1. The van der Waals surface area contributed by atoms with Gasteiger partial charge >= 0.3 is 0 Å². The van der Waals surface area contributed by atoms with E-state index < -0.39 is 5.91 Å². The van der Waals surface area contributed by atoms with Crippen LogP contribution in [0.3, 0.4) is 0 Å². The van der Waals surface area contributed by atoms with Crippen LogP contribution in [0.2, 0.25) is 0 Å². The van der Waals surface area contributed by atoms with E-state index in [-0.39, 0.29) is 5.57 Å². The Morgan fingerprint density at radius 2 is 1.88 bits per heavy atom. The van der Waals surface area contributed by atoms with Crippen molar-refractivity contribution in [3.63, 3.8) is 0 Å². The molecule has 0 radical (unpaired) electrons. The van der Waals surface area contributed by atoms with Gasteiger partial charge in [0.25, 0.3) is 5.91 Å². The first-order valence-electron chi connectivity index (χ1n) is 8.46. The van der Waals surface area contributed by atoms with Crippen molar-refractivity contribution < 1.29 is 9.53 Å². The van der Waals surface area contributed by atoms with Crippen molar-refractivity contribution in [2.24, 2.45) is 0 Å². The summed E-state index contributed by atoms with van der Waals surface area (Å²) in [5, 5.41) is 12.1. The zero-order valence-electron chi connectivity index (χ0n) is 14.8. The Kier molecular flexibility index (Phi) is 9.06. The fraction of sp³-hybridized carbons (Fsp3) is 0.474. The minimum absolute atomic E-state index is 0.105. The van der Waals surface area contributed by atoms with Gasteiger partial charge in [-0.1, -0.05) is 38.8 Å². The van der Waals surface area contributed by atoms with E-state index in [2.05, 4.69) is 24.1 Å². The molecule has 0 atom stereocenters. The number of hydrogen-bond acceptors (Lipinski definition) is 4. The van der Waals surface area contributed by atoms with Crippen molar-refractivity contribution in [3.8, 4) is 11.8 Å². The van der Waals surface area contributed by atoms with E-state index in [0.29, 0.717) is 11.4 Å². The summed E-state index contributed by atoms with van der Waals surface area (Å²) in [6, 6.07) is 9.16. The number of nitrogens with one attached hydrogen (secondary N) is 1. The highest BCUT2D eigenvalue weighted by Gasteiger charge is 2.13. The number of carbonyl (C=O) groups is 1. The van der Waals surface area contributed by atoms with Crippen LogP contribution in [-0.4, -0.2) is 31.0 Å². The summed E-state index contributed by atoms with van der Waals surface area (Å²) < 4.78 is 5.22. The van der Waals surface area contributed by atoms with Gasteiger partial charge in [0, 0.05) is 19.3 Å². The number of rotatable bonds is 10. The number of amides is 1. The van der Waals surface area contributed by atoms with Crippen molar-refractivity contribution in [3.05, 3.63) is 36.0 Å². The van der Waals surface area contributed by atoms with E-state index in [4.69, 9.17) is 4.74 Å². The average molecular weight is 329 g/mol. The maximum atomic E-state index is 12.4. The molecule has 5 nitrogen and oxygen atoms in total. The first-order chi connectivity index (χ1) is 11.7. The van der Waals surface area contributed by atoms with E-state index in [1.54, 1.807) is 25.4 Å². The molecule has 1 N–H and O–H groups in total. The summed E-state index contributed by atoms with van der Waals surface area (Å²) in [5.41, 5.74) is 0.660. The van der Waals surface area contributed by atoms with Gasteiger partial charge in [-0.25, -0.2) is 0 Å². The Bertz CT molecular complexity index is 583. The summed E-state index contributed by atoms with van der Waals surface area (Å²) in [6.07, 6.45) is 5.90. The number of para-hydroxylation sites is 2. The molecule has 1 aromatic rings. The summed E-state index contributed by atoms with van der Waals surface area (Å²) in [5.74, 6) is 0.150. The van der Waals surface area contributed by atoms with E-state index in [1.165, 1.54) is 0 Å². The Hall–Kier alpha value is -2.48. The molecule has 1 rings (SSSR count). The second-order valence-electron chi connectivity index (χ2n) is 5.55. The number of unbranched alkanes of at least 4 members (excludes halogenated alkanes) is 2. The number of benzene rings is 1. The van der Waals surface area contributed by atoms with Crippen LogP contribution < -0.4 is 10.1 Å². The third kappa shape index (κ3) is 6.33. The Balaban J connectivity index is 2.87. The van der Waals surface area contributed by atoms with Gasteiger partial charge in [0.2, 0.25) is 0 Å². The molecule has 0 aromatic heterocycles. The fourth-order valence-electron chi connectivity index (χ4n) is 2.22. The van der Waals surface area contributed by atoms with Gasteiger partial charge in [0.15, 0.2) is 0 Å². The van der Waals surface area contributed by atoms with Crippen LogP contribution in [0.25, 0.3) is 0 Å². The molecule has 5 heteroatoms. The van der Waals surface area contributed by atoms with Gasteiger partial charge in [0.05, 0.1) is 12.8 Å². The monoisotopic (exact) mass is 329 g/mol. The topological polar surface area (TPSA) is 65.4 Å². The number of nitriles is 1. The maximum Gasteiger partial charge on any atom is 0.267 e. The highest BCUT2D eigenvalue weighted by atomic mass is 16.5. The second-order valence-corrected chi connectivity index (χ2v) is 5.55. The lowest BCUT2D eigenvalue weighted by atomic mass is 10.2. The SMILES string of the molecule is CCCCN(/C=C(/C#N)C(=O)Nc1ccccc1OC)CCCC. The Morgan fingerprint density at radius 1 is 1.25 bits per heavy atom. The largest absolute Gasteiger partial charge is 0.495 e. The molecule has 0 saturated heterocycles. The maximum absolute atomic E-state index is 12.4. The highest BCUT2D eigenvalue weighted by molar-refractivity contribution is 6.07. The molecule has 130 valence electrons. The molecular weight excluding hydrogens is 302 g/mol. The number of nitrogens with zero attached hydrogens (tertiary/aromatic N) is 2. The third-order valence-electron chi connectivity index (χ3n) is 3.63. The van der Waals surface area contributed by atoms with Crippen LogP contribution in [-0.2, 0) is 4.79 Å². The van der Waals surface area contributed by atoms with Crippen LogP contribution in [0.1, 0.15) is 39.5 Å². The first-order valence-corrected chi connectivity index (χ1v) is 8.46. The van der Waals surface area contributed by atoms with Crippen molar-refractivity contribution in [2.45, 2.75) is 39.5 Å². The predicted octanol–water partition coefficient (Wildman–Crippen LogP) is 3.94. The first kappa shape index (κ1) is 19.6. The normalized spacial score (nSPS) is 10.8. The van der Waals surface area contributed by atoms with Crippen LogP contribution in [0.4, 0.5) is 5.69 Å². The van der Waals surface area contributed by atoms with Crippen molar-refractivity contribution in [1.29, 1.82) is 5.26 Å². The smallest absolute Gasteiger partial charge is 0.267 e. The molecule has 24 heavy (non-hydrogen) atoms. The molecule has 0 aliphatic heterocycles. The molecule has 0 aliphatic rings.